The fourth-order valence-electron chi connectivity index (χ4n) is 2.81. The summed E-state index contributed by atoms with van der Waals surface area (Å²) in [4.78, 5) is 4.47. The summed E-state index contributed by atoms with van der Waals surface area (Å²) >= 11 is 1.72. The number of hydrogen-bond donors (Lipinski definition) is 2. The van der Waals surface area contributed by atoms with Crippen LogP contribution in [0, 0.1) is 0 Å². The number of nitrogens with zero attached hydrogens (tertiary/aromatic N) is 3. The van der Waals surface area contributed by atoms with Gasteiger partial charge >= 0.3 is 0 Å². The smallest absolute Gasteiger partial charge is 0.154 e. The van der Waals surface area contributed by atoms with Crippen molar-refractivity contribution in [2.75, 3.05) is 24.7 Å². The van der Waals surface area contributed by atoms with Gasteiger partial charge in [0.25, 0.3) is 0 Å². The molecular weight excluding hydrogens is 294 g/mol. The van der Waals surface area contributed by atoms with E-state index in [0.717, 1.165) is 49.5 Å². The number of imidazole rings is 1. The standard InChI is InChI=1S/C16H23N5S/c1-3-12(11-22-2)14-10-18-16-5-4-15(20-21(14)16)19-13-6-8-17-9-7-13/h4-5,10-11,13,17H,3,6-9H2,1-2H3,(H,19,20)/b12-11+. The van der Waals surface area contributed by atoms with Crippen molar-refractivity contribution in [3.63, 3.8) is 0 Å². The minimum absolute atomic E-state index is 0.505. The lowest BCUT2D eigenvalue weighted by atomic mass is 10.1. The van der Waals surface area contributed by atoms with Gasteiger partial charge in [-0.25, -0.2) is 9.50 Å². The second-order valence-electron chi connectivity index (χ2n) is 5.53. The van der Waals surface area contributed by atoms with E-state index in [2.05, 4.69) is 34.2 Å². The van der Waals surface area contributed by atoms with Crippen molar-refractivity contribution in [1.82, 2.24) is 19.9 Å². The van der Waals surface area contributed by atoms with E-state index in [4.69, 9.17) is 5.10 Å². The molecule has 0 unspecified atom stereocenters. The molecule has 0 saturated carbocycles. The molecule has 1 aliphatic heterocycles. The number of anilines is 1. The van der Waals surface area contributed by atoms with Gasteiger partial charge < -0.3 is 10.6 Å². The van der Waals surface area contributed by atoms with Crippen molar-refractivity contribution < 1.29 is 0 Å². The Morgan fingerprint density at radius 2 is 2.27 bits per heavy atom. The number of allylic oxidation sites excluding steroid dienone is 1. The Morgan fingerprint density at radius 1 is 1.45 bits per heavy atom. The molecule has 0 amide bonds. The second-order valence-corrected chi connectivity index (χ2v) is 6.24. The van der Waals surface area contributed by atoms with Gasteiger partial charge in [-0.1, -0.05) is 6.92 Å². The quantitative estimate of drug-likeness (QED) is 0.888. The summed E-state index contributed by atoms with van der Waals surface area (Å²) in [7, 11) is 0. The molecule has 3 rings (SSSR count). The summed E-state index contributed by atoms with van der Waals surface area (Å²) in [6.45, 7) is 4.32. The lowest BCUT2D eigenvalue weighted by Gasteiger charge is -2.24. The van der Waals surface area contributed by atoms with Gasteiger partial charge in [0, 0.05) is 6.04 Å². The SMILES string of the molecule is CC/C(=C\SC)c1cnc2ccc(NC3CCNCC3)nn12. The van der Waals surface area contributed by atoms with Gasteiger partial charge in [0.05, 0.1) is 11.9 Å². The molecule has 1 aliphatic rings. The highest BCUT2D eigenvalue weighted by molar-refractivity contribution is 8.01. The van der Waals surface area contributed by atoms with Crippen molar-refractivity contribution in [2.24, 2.45) is 0 Å². The highest BCUT2D eigenvalue weighted by Gasteiger charge is 2.14. The molecule has 118 valence electrons. The summed E-state index contributed by atoms with van der Waals surface area (Å²) in [5.74, 6) is 0.929. The first-order chi connectivity index (χ1) is 10.8. The number of hydrogen-bond acceptors (Lipinski definition) is 5. The highest BCUT2D eigenvalue weighted by Crippen LogP contribution is 2.22. The van der Waals surface area contributed by atoms with Gasteiger partial charge in [0.2, 0.25) is 0 Å². The third kappa shape index (κ3) is 3.28. The van der Waals surface area contributed by atoms with Crippen LogP contribution in [0.1, 0.15) is 31.9 Å². The number of rotatable bonds is 5. The molecule has 1 saturated heterocycles. The van der Waals surface area contributed by atoms with E-state index in [1.165, 1.54) is 5.57 Å². The molecule has 22 heavy (non-hydrogen) atoms. The number of thioether (sulfide) groups is 1. The van der Waals surface area contributed by atoms with Crippen LogP contribution in [0.3, 0.4) is 0 Å². The van der Waals surface area contributed by atoms with Gasteiger partial charge in [-0.2, -0.15) is 0 Å². The fourth-order valence-corrected chi connectivity index (χ4v) is 3.38. The Hall–Kier alpha value is -1.53. The molecule has 2 aromatic heterocycles. The molecule has 0 radical (unpaired) electrons. The summed E-state index contributed by atoms with van der Waals surface area (Å²) in [6, 6.07) is 4.56. The number of aromatic nitrogens is 3. The van der Waals surface area contributed by atoms with Crippen LogP contribution in [0.15, 0.2) is 23.7 Å². The minimum Gasteiger partial charge on any atom is -0.366 e. The minimum atomic E-state index is 0.505. The first-order valence-corrected chi connectivity index (χ1v) is 9.15. The predicted molar refractivity (Wildman–Crippen MR) is 94.3 cm³/mol. The van der Waals surface area contributed by atoms with Crippen molar-refractivity contribution in [3.05, 3.63) is 29.4 Å². The molecule has 2 aromatic rings. The Morgan fingerprint density at radius 3 is 3.00 bits per heavy atom. The Labute approximate surface area is 135 Å². The summed E-state index contributed by atoms with van der Waals surface area (Å²) in [5.41, 5.74) is 3.25. The zero-order chi connectivity index (χ0) is 15.4. The largest absolute Gasteiger partial charge is 0.366 e. The molecule has 0 atom stereocenters. The van der Waals surface area contributed by atoms with E-state index in [-0.39, 0.29) is 0 Å². The van der Waals surface area contributed by atoms with E-state index in [0.29, 0.717) is 6.04 Å². The van der Waals surface area contributed by atoms with Crippen LogP contribution in [0.25, 0.3) is 11.2 Å². The molecular formula is C16H23N5S. The monoisotopic (exact) mass is 317 g/mol. The normalized spacial score (nSPS) is 17.1. The van der Waals surface area contributed by atoms with Gasteiger partial charge in [-0.3, -0.25) is 0 Å². The van der Waals surface area contributed by atoms with Crippen LogP contribution in [-0.2, 0) is 0 Å². The first-order valence-electron chi connectivity index (χ1n) is 7.86. The van der Waals surface area contributed by atoms with Crippen molar-refractivity contribution in [2.45, 2.75) is 32.2 Å². The van der Waals surface area contributed by atoms with Crippen LogP contribution >= 0.6 is 11.8 Å². The lowest BCUT2D eigenvalue weighted by molar-refractivity contribution is 0.477. The third-order valence-electron chi connectivity index (χ3n) is 4.02. The molecule has 6 heteroatoms. The fraction of sp³-hybridized carbons (Fsp3) is 0.500. The van der Waals surface area contributed by atoms with E-state index < -0.39 is 0 Å². The zero-order valence-electron chi connectivity index (χ0n) is 13.2. The van der Waals surface area contributed by atoms with Crippen LogP contribution in [0.4, 0.5) is 5.82 Å². The molecule has 0 spiro atoms. The maximum Gasteiger partial charge on any atom is 0.154 e. The Bertz CT molecular complexity index is 658. The summed E-state index contributed by atoms with van der Waals surface area (Å²) < 4.78 is 1.95. The lowest BCUT2D eigenvalue weighted by Crippen LogP contribution is -2.35. The third-order valence-corrected chi connectivity index (χ3v) is 4.54. The van der Waals surface area contributed by atoms with Gasteiger partial charge in [-0.05, 0) is 61.7 Å². The van der Waals surface area contributed by atoms with Crippen LogP contribution in [-0.4, -0.2) is 40.0 Å². The molecule has 0 bridgehead atoms. The first kappa shape index (κ1) is 15.4. The number of nitrogens with one attached hydrogen (secondary N) is 2. The molecule has 2 N–H and O–H groups in total. The van der Waals surface area contributed by atoms with Crippen LogP contribution < -0.4 is 10.6 Å². The molecule has 0 aromatic carbocycles. The van der Waals surface area contributed by atoms with Crippen LogP contribution in [0.2, 0.25) is 0 Å². The van der Waals surface area contributed by atoms with Crippen molar-refractivity contribution in [1.29, 1.82) is 0 Å². The van der Waals surface area contributed by atoms with E-state index in [1.54, 1.807) is 11.8 Å². The maximum atomic E-state index is 4.75. The average Bonchev–Trinajstić information content (AvgIpc) is 2.97. The van der Waals surface area contributed by atoms with Gasteiger partial charge in [0.1, 0.15) is 5.82 Å². The van der Waals surface area contributed by atoms with E-state index in [9.17, 15) is 0 Å². The Balaban J connectivity index is 1.89. The van der Waals surface area contributed by atoms with E-state index in [1.807, 2.05) is 22.8 Å². The summed E-state index contributed by atoms with van der Waals surface area (Å²) in [5, 5.41) is 13.9. The maximum absolute atomic E-state index is 4.75. The second kappa shape index (κ2) is 7.15. The topological polar surface area (TPSA) is 54.2 Å². The molecule has 5 nitrogen and oxygen atoms in total. The van der Waals surface area contributed by atoms with Crippen molar-refractivity contribution in [3.8, 4) is 0 Å². The number of piperidine rings is 1. The van der Waals surface area contributed by atoms with Crippen molar-refractivity contribution >= 4 is 28.8 Å². The van der Waals surface area contributed by atoms with Gasteiger partial charge in [-0.15, -0.1) is 16.9 Å². The number of fused-ring (bicyclic) bond motifs is 1. The molecule has 1 fully saturated rings. The van der Waals surface area contributed by atoms with Crippen LogP contribution in [0.5, 0.6) is 0 Å². The Kier molecular flexibility index (Phi) is 5.00. The summed E-state index contributed by atoms with van der Waals surface area (Å²) in [6.07, 6.45) is 7.26. The molecule has 3 heterocycles. The highest BCUT2D eigenvalue weighted by atomic mass is 32.2. The zero-order valence-corrected chi connectivity index (χ0v) is 14.0. The van der Waals surface area contributed by atoms with E-state index >= 15 is 0 Å². The average molecular weight is 317 g/mol. The predicted octanol–water partition coefficient (Wildman–Crippen LogP) is 3.01. The molecule has 0 aliphatic carbocycles. The van der Waals surface area contributed by atoms with Gasteiger partial charge in [0.15, 0.2) is 5.65 Å².